The zero-order chi connectivity index (χ0) is 21.0. The molecule has 2 saturated heterocycles. The molecule has 0 N–H and O–H groups in total. The van der Waals surface area contributed by atoms with Gasteiger partial charge < -0.3 is 19.3 Å². The number of thioether (sulfide) groups is 1. The highest BCUT2D eigenvalue weighted by molar-refractivity contribution is 7.99. The lowest BCUT2D eigenvalue weighted by Crippen LogP contribution is -2.38. The van der Waals surface area contributed by atoms with Gasteiger partial charge in [0.1, 0.15) is 0 Å². The number of hydrogen-bond acceptors (Lipinski definition) is 5. The van der Waals surface area contributed by atoms with E-state index in [4.69, 9.17) is 9.47 Å². The maximum atomic E-state index is 5.78. The minimum Gasteiger partial charge on any atom is -0.378 e. The summed E-state index contributed by atoms with van der Waals surface area (Å²) < 4.78 is 11.3. The highest BCUT2D eigenvalue weighted by atomic mass is 32.2. The normalized spacial score (nSPS) is 24.5. The third-order valence-electron chi connectivity index (χ3n) is 5.64. The van der Waals surface area contributed by atoms with Crippen LogP contribution in [0.2, 0.25) is 0 Å². The average molecular weight is 417 g/mol. The van der Waals surface area contributed by atoms with Gasteiger partial charge in [-0.05, 0) is 67.0 Å². The van der Waals surface area contributed by atoms with Crippen LogP contribution in [0.4, 0.5) is 0 Å². The maximum absolute atomic E-state index is 5.78. The van der Waals surface area contributed by atoms with Gasteiger partial charge in [0.05, 0.1) is 25.4 Å². The van der Waals surface area contributed by atoms with E-state index in [9.17, 15) is 0 Å². The Bertz CT molecular complexity index is 383. The van der Waals surface area contributed by atoms with Crippen molar-refractivity contribution in [3.05, 3.63) is 0 Å². The Hall–Kier alpha value is 0.190. The average Bonchev–Trinajstić information content (AvgIpc) is 3.33. The van der Waals surface area contributed by atoms with Gasteiger partial charge in [0.2, 0.25) is 0 Å². The Morgan fingerprint density at radius 1 is 0.964 bits per heavy atom. The third kappa shape index (κ3) is 10.8. The minimum absolute atomic E-state index is 0.379. The van der Waals surface area contributed by atoms with Crippen molar-refractivity contribution in [2.75, 3.05) is 57.9 Å². The van der Waals surface area contributed by atoms with Crippen LogP contribution in [0.25, 0.3) is 0 Å². The van der Waals surface area contributed by atoms with Crippen molar-refractivity contribution in [1.82, 2.24) is 9.80 Å². The van der Waals surface area contributed by atoms with Gasteiger partial charge in [-0.15, -0.1) is 0 Å². The Labute approximate surface area is 180 Å². The lowest BCUT2D eigenvalue weighted by molar-refractivity contribution is 0.0321. The summed E-state index contributed by atoms with van der Waals surface area (Å²) in [4.78, 5) is 5.02. The molecule has 1 unspecified atom stereocenters. The molecule has 1 atom stereocenters. The van der Waals surface area contributed by atoms with Crippen LogP contribution >= 0.6 is 11.8 Å². The number of ether oxygens (including phenoxy) is 2. The van der Waals surface area contributed by atoms with Crippen LogP contribution in [0.3, 0.4) is 0 Å². The van der Waals surface area contributed by atoms with Gasteiger partial charge in [0, 0.05) is 42.6 Å². The van der Waals surface area contributed by atoms with E-state index in [0.29, 0.717) is 23.7 Å². The zero-order valence-corrected chi connectivity index (χ0v) is 20.7. The first-order chi connectivity index (χ1) is 13.4. The summed E-state index contributed by atoms with van der Waals surface area (Å²) in [5.74, 6) is 2.64. The van der Waals surface area contributed by atoms with Crippen molar-refractivity contribution in [2.24, 2.45) is 5.41 Å². The second-order valence-electron chi connectivity index (χ2n) is 8.91. The van der Waals surface area contributed by atoms with E-state index in [1.54, 1.807) is 0 Å². The molecule has 5 heteroatoms. The molecule has 0 aromatic rings. The topological polar surface area (TPSA) is 24.9 Å². The van der Waals surface area contributed by atoms with Crippen molar-refractivity contribution < 1.29 is 9.47 Å². The van der Waals surface area contributed by atoms with Crippen molar-refractivity contribution >= 4 is 11.8 Å². The first-order valence-corrected chi connectivity index (χ1v) is 12.8. The van der Waals surface area contributed by atoms with Crippen LogP contribution in [0.15, 0.2) is 0 Å². The first kappa shape index (κ1) is 26.2. The molecule has 2 aliphatic heterocycles. The Morgan fingerprint density at radius 3 is 2.04 bits per heavy atom. The van der Waals surface area contributed by atoms with E-state index in [0.717, 1.165) is 13.2 Å². The molecule has 3 rings (SSSR count). The fourth-order valence-corrected chi connectivity index (χ4v) is 4.57. The molecular formula is C23H48N2O2S. The van der Waals surface area contributed by atoms with E-state index in [1.165, 1.54) is 63.4 Å². The summed E-state index contributed by atoms with van der Waals surface area (Å²) in [6.07, 6.45) is 6.17. The monoisotopic (exact) mass is 416 g/mol. The molecule has 3 aliphatic rings. The summed E-state index contributed by atoms with van der Waals surface area (Å²) in [6, 6.07) is 0.678. The lowest BCUT2D eigenvalue weighted by atomic mass is 10.1. The summed E-state index contributed by atoms with van der Waals surface area (Å²) in [6.45, 7) is 19.4. The van der Waals surface area contributed by atoms with Gasteiger partial charge in [-0.25, -0.2) is 0 Å². The van der Waals surface area contributed by atoms with Crippen molar-refractivity contribution in [1.29, 1.82) is 0 Å². The molecule has 4 nitrogen and oxygen atoms in total. The molecule has 1 aliphatic carbocycles. The largest absolute Gasteiger partial charge is 0.378 e. The molecule has 0 amide bonds. The molecule has 0 spiro atoms. The second kappa shape index (κ2) is 14.2. The number of nitrogens with zero attached hydrogens (tertiary/aromatic N) is 2. The minimum atomic E-state index is 0.379. The summed E-state index contributed by atoms with van der Waals surface area (Å²) in [7, 11) is 2.18. The van der Waals surface area contributed by atoms with Gasteiger partial charge >= 0.3 is 0 Å². The Balaban J connectivity index is 0.000000268. The van der Waals surface area contributed by atoms with Crippen LogP contribution < -0.4 is 0 Å². The van der Waals surface area contributed by atoms with Crippen molar-refractivity contribution in [3.63, 3.8) is 0 Å². The van der Waals surface area contributed by atoms with Crippen LogP contribution in [0.1, 0.15) is 67.2 Å². The van der Waals surface area contributed by atoms with Gasteiger partial charge in [-0.1, -0.05) is 13.8 Å². The molecule has 0 radical (unpaired) electrons. The molecule has 28 heavy (non-hydrogen) atoms. The van der Waals surface area contributed by atoms with E-state index in [2.05, 4.69) is 56.3 Å². The number of hydrogen-bond donors (Lipinski definition) is 0. The second-order valence-corrected chi connectivity index (χ2v) is 10.1. The van der Waals surface area contributed by atoms with E-state index in [1.807, 2.05) is 13.8 Å². The van der Waals surface area contributed by atoms with E-state index >= 15 is 0 Å². The fraction of sp³-hybridized carbons (Fsp3) is 1.00. The number of likely N-dealkylation sites (tertiary alicyclic amines) is 1. The van der Waals surface area contributed by atoms with Crippen LogP contribution in [0.5, 0.6) is 0 Å². The van der Waals surface area contributed by atoms with Gasteiger partial charge in [0.15, 0.2) is 0 Å². The predicted molar refractivity (Wildman–Crippen MR) is 125 cm³/mol. The molecule has 168 valence electrons. The molecule has 3 fully saturated rings. The highest BCUT2D eigenvalue weighted by Gasteiger charge is 2.44. The van der Waals surface area contributed by atoms with Gasteiger partial charge in [-0.2, -0.15) is 11.8 Å². The standard InChI is InChI=1S/C12H23NOS.C9H19NO.C2H6/c1-11(2)14-10-12(3-4-12)9-13-5-7-15-8-6-13;1-8(2)11-7-9-5-4-6-10(9)3;1-2/h11H,3-10H2,1-2H3;8-9H,4-7H2,1-3H3;1-2H3. The summed E-state index contributed by atoms with van der Waals surface area (Å²) >= 11 is 2.09. The van der Waals surface area contributed by atoms with Crippen LogP contribution in [0, 0.1) is 5.41 Å². The fourth-order valence-electron chi connectivity index (χ4n) is 3.60. The van der Waals surface area contributed by atoms with Gasteiger partial charge in [-0.3, -0.25) is 0 Å². The van der Waals surface area contributed by atoms with Crippen molar-refractivity contribution in [3.8, 4) is 0 Å². The Kier molecular flexibility index (Phi) is 13.3. The third-order valence-corrected chi connectivity index (χ3v) is 6.58. The molecular weight excluding hydrogens is 368 g/mol. The molecule has 1 saturated carbocycles. The van der Waals surface area contributed by atoms with Gasteiger partial charge in [0.25, 0.3) is 0 Å². The smallest absolute Gasteiger partial charge is 0.0625 e. The quantitative estimate of drug-likeness (QED) is 0.567. The van der Waals surface area contributed by atoms with E-state index < -0.39 is 0 Å². The van der Waals surface area contributed by atoms with Crippen molar-refractivity contribution in [2.45, 2.75) is 85.5 Å². The predicted octanol–water partition coefficient (Wildman–Crippen LogP) is 4.77. The summed E-state index contributed by atoms with van der Waals surface area (Å²) in [5, 5.41) is 0. The van der Waals surface area contributed by atoms with Crippen LogP contribution in [-0.2, 0) is 9.47 Å². The maximum Gasteiger partial charge on any atom is 0.0625 e. The summed E-state index contributed by atoms with van der Waals surface area (Å²) in [5.41, 5.74) is 0.534. The number of rotatable bonds is 8. The first-order valence-electron chi connectivity index (χ1n) is 11.6. The molecule has 2 heterocycles. The zero-order valence-electron chi connectivity index (χ0n) is 19.8. The molecule has 0 aromatic heterocycles. The lowest BCUT2D eigenvalue weighted by Gasteiger charge is -2.30. The molecule has 0 aromatic carbocycles. The Morgan fingerprint density at radius 2 is 1.57 bits per heavy atom. The highest BCUT2D eigenvalue weighted by Crippen LogP contribution is 2.46. The SMILES string of the molecule is CC.CC(C)OCC1(CN2CCSCC2)CC1.CC(C)OCC1CCCN1C. The van der Waals surface area contributed by atoms with Crippen LogP contribution in [-0.4, -0.2) is 86.0 Å². The number of likely N-dealkylation sites (N-methyl/N-ethyl adjacent to an activating group) is 1. The molecule has 0 bridgehead atoms. The van der Waals surface area contributed by atoms with E-state index in [-0.39, 0.29) is 0 Å².